The molecule has 0 spiro atoms. The highest BCUT2D eigenvalue weighted by molar-refractivity contribution is 5.77. The van der Waals surface area contributed by atoms with Gasteiger partial charge in [0.25, 0.3) is 0 Å². The first-order chi connectivity index (χ1) is 8.69. The van der Waals surface area contributed by atoms with Crippen LogP contribution in [0.15, 0.2) is 24.5 Å². The molecule has 4 nitrogen and oxygen atoms in total. The number of amides is 1. The molecule has 0 aliphatic rings. The standard InChI is InChI=1S/C14H19N3O/c1-3-4-9-17(2)14(18)10-13(11-15)12-5-7-16-8-6-12/h5-8,13H,3-4,9-10H2,1-2H3. The molecule has 0 aliphatic carbocycles. The van der Waals surface area contributed by atoms with Crippen LogP contribution in [0.5, 0.6) is 0 Å². The fraction of sp³-hybridized carbons (Fsp3) is 0.500. The summed E-state index contributed by atoms with van der Waals surface area (Å²) >= 11 is 0. The molecular weight excluding hydrogens is 226 g/mol. The van der Waals surface area contributed by atoms with Crippen LogP contribution < -0.4 is 0 Å². The Bertz CT molecular complexity index is 411. The maximum Gasteiger partial charge on any atom is 0.223 e. The summed E-state index contributed by atoms with van der Waals surface area (Å²) in [5.74, 6) is -0.364. The molecule has 0 N–H and O–H groups in total. The number of aromatic nitrogens is 1. The molecule has 1 atom stereocenters. The zero-order chi connectivity index (χ0) is 13.4. The summed E-state index contributed by atoms with van der Waals surface area (Å²) in [4.78, 5) is 17.6. The van der Waals surface area contributed by atoms with Crippen LogP contribution in [0.3, 0.4) is 0 Å². The third kappa shape index (κ3) is 4.17. The zero-order valence-corrected chi connectivity index (χ0v) is 11.0. The van der Waals surface area contributed by atoms with Crippen molar-refractivity contribution in [3.05, 3.63) is 30.1 Å². The first-order valence-electron chi connectivity index (χ1n) is 6.22. The van der Waals surface area contributed by atoms with Crippen LogP contribution in [0.2, 0.25) is 0 Å². The van der Waals surface area contributed by atoms with E-state index >= 15 is 0 Å². The van der Waals surface area contributed by atoms with Crippen molar-refractivity contribution in [2.75, 3.05) is 13.6 Å². The van der Waals surface area contributed by atoms with Gasteiger partial charge in [-0.05, 0) is 24.1 Å². The molecule has 18 heavy (non-hydrogen) atoms. The fourth-order valence-corrected chi connectivity index (χ4v) is 1.68. The van der Waals surface area contributed by atoms with E-state index < -0.39 is 0 Å². The van der Waals surface area contributed by atoms with Crippen molar-refractivity contribution in [1.82, 2.24) is 9.88 Å². The molecule has 0 saturated carbocycles. The van der Waals surface area contributed by atoms with Crippen LogP contribution in [0.1, 0.15) is 37.7 Å². The molecule has 1 amide bonds. The van der Waals surface area contributed by atoms with Gasteiger partial charge in [0.1, 0.15) is 0 Å². The number of nitriles is 1. The van der Waals surface area contributed by atoms with Crippen LogP contribution in [0.25, 0.3) is 0 Å². The van der Waals surface area contributed by atoms with Gasteiger partial charge in [0.15, 0.2) is 0 Å². The monoisotopic (exact) mass is 245 g/mol. The Morgan fingerprint density at radius 2 is 2.17 bits per heavy atom. The molecule has 1 unspecified atom stereocenters. The SMILES string of the molecule is CCCCN(C)C(=O)CC(C#N)c1ccncc1. The van der Waals surface area contributed by atoms with Crippen LogP contribution in [0.4, 0.5) is 0 Å². The van der Waals surface area contributed by atoms with Gasteiger partial charge < -0.3 is 4.90 Å². The van der Waals surface area contributed by atoms with Gasteiger partial charge in [0.05, 0.1) is 12.0 Å². The minimum absolute atomic E-state index is 0.0202. The van der Waals surface area contributed by atoms with Crippen LogP contribution in [-0.2, 0) is 4.79 Å². The third-order valence-electron chi connectivity index (χ3n) is 2.92. The first-order valence-corrected chi connectivity index (χ1v) is 6.22. The lowest BCUT2D eigenvalue weighted by Gasteiger charge is -2.18. The van der Waals surface area contributed by atoms with Crippen molar-refractivity contribution >= 4 is 5.91 Å². The van der Waals surface area contributed by atoms with Crippen LogP contribution in [0, 0.1) is 11.3 Å². The Balaban J connectivity index is 2.59. The highest BCUT2D eigenvalue weighted by atomic mass is 16.2. The Labute approximate surface area is 108 Å². The Hall–Kier alpha value is -1.89. The van der Waals surface area contributed by atoms with Gasteiger partial charge in [-0.1, -0.05) is 13.3 Å². The van der Waals surface area contributed by atoms with Gasteiger partial charge in [-0.2, -0.15) is 5.26 Å². The number of rotatable bonds is 6. The lowest BCUT2D eigenvalue weighted by molar-refractivity contribution is -0.130. The molecule has 0 saturated heterocycles. The highest BCUT2D eigenvalue weighted by Crippen LogP contribution is 2.18. The van der Waals surface area contributed by atoms with E-state index in [-0.39, 0.29) is 18.2 Å². The molecule has 1 heterocycles. The minimum atomic E-state index is -0.385. The maximum atomic E-state index is 12.0. The summed E-state index contributed by atoms with van der Waals surface area (Å²) in [5, 5.41) is 9.15. The molecule has 0 aliphatic heterocycles. The van der Waals surface area contributed by atoms with Crippen molar-refractivity contribution in [1.29, 1.82) is 5.26 Å². The van der Waals surface area contributed by atoms with Crippen molar-refractivity contribution in [2.24, 2.45) is 0 Å². The molecular formula is C14H19N3O. The first kappa shape index (κ1) is 14.2. The number of hydrogen-bond acceptors (Lipinski definition) is 3. The number of carbonyl (C=O) groups excluding carboxylic acids is 1. The summed E-state index contributed by atoms with van der Waals surface area (Å²) < 4.78 is 0. The lowest BCUT2D eigenvalue weighted by atomic mass is 9.98. The average molecular weight is 245 g/mol. The number of hydrogen-bond donors (Lipinski definition) is 0. The lowest BCUT2D eigenvalue weighted by Crippen LogP contribution is -2.28. The van der Waals surface area contributed by atoms with Gasteiger partial charge >= 0.3 is 0 Å². The summed E-state index contributed by atoms with van der Waals surface area (Å²) in [6, 6.07) is 5.75. The average Bonchev–Trinajstić information content (AvgIpc) is 2.42. The quantitative estimate of drug-likeness (QED) is 0.773. The molecule has 0 bridgehead atoms. The highest BCUT2D eigenvalue weighted by Gasteiger charge is 2.17. The minimum Gasteiger partial charge on any atom is -0.346 e. The maximum absolute atomic E-state index is 12.0. The summed E-state index contributed by atoms with van der Waals surface area (Å²) in [7, 11) is 1.79. The van der Waals surface area contributed by atoms with Gasteiger partial charge in [-0.3, -0.25) is 9.78 Å². The molecule has 0 radical (unpaired) electrons. The topological polar surface area (TPSA) is 57.0 Å². The number of carbonyl (C=O) groups is 1. The molecule has 96 valence electrons. The van der Waals surface area contributed by atoms with E-state index in [2.05, 4.69) is 18.0 Å². The third-order valence-corrected chi connectivity index (χ3v) is 2.92. The predicted molar refractivity (Wildman–Crippen MR) is 69.8 cm³/mol. The van der Waals surface area contributed by atoms with Gasteiger partial charge in [-0.15, -0.1) is 0 Å². The van der Waals surface area contributed by atoms with Crippen LogP contribution >= 0.6 is 0 Å². The Kier molecular flexibility index (Phi) is 5.86. The number of unbranched alkanes of at least 4 members (excludes halogenated alkanes) is 1. The summed E-state index contributed by atoms with van der Waals surface area (Å²) in [5.41, 5.74) is 0.852. The predicted octanol–water partition coefficient (Wildman–Crippen LogP) is 2.34. The zero-order valence-electron chi connectivity index (χ0n) is 11.0. The molecule has 1 rings (SSSR count). The molecule has 0 aromatic carbocycles. The Morgan fingerprint density at radius 1 is 1.50 bits per heavy atom. The second kappa shape index (κ2) is 7.44. The van der Waals surface area contributed by atoms with E-state index in [4.69, 9.17) is 5.26 Å². The fourth-order valence-electron chi connectivity index (χ4n) is 1.68. The molecule has 0 fully saturated rings. The number of nitrogens with zero attached hydrogens (tertiary/aromatic N) is 3. The molecule has 1 aromatic rings. The molecule has 4 heteroatoms. The second-order valence-corrected chi connectivity index (χ2v) is 4.34. The second-order valence-electron chi connectivity index (χ2n) is 4.34. The van der Waals surface area contributed by atoms with Crippen molar-refractivity contribution in [3.63, 3.8) is 0 Å². The summed E-state index contributed by atoms with van der Waals surface area (Å²) in [6.07, 6.45) is 5.58. The van der Waals surface area contributed by atoms with E-state index in [0.717, 1.165) is 24.9 Å². The largest absolute Gasteiger partial charge is 0.346 e. The van der Waals surface area contributed by atoms with E-state index in [0.29, 0.717) is 0 Å². The van der Waals surface area contributed by atoms with Gasteiger partial charge in [0, 0.05) is 32.4 Å². The van der Waals surface area contributed by atoms with Crippen molar-refractivity contribution < 1.29 is 4.79 Å². The van der Waals surface area contributed by atoms with E-state index in [1.165, 1.54) is 0 Å². The summed E-state index contributed by atoms with van der Waals surface area (Å²) in [6.45, 7) is 2.84. The molecule has 1 aromatic heterocycles. The van der Waals surface area contributed by atoms with Crippen molar-refractivity contribution in [2.45, 2.75) is 32.1 Å². The smallest absolute Gasteiger partial charge is 0.223 e. The van der Waals surface area contributed by atoms with Gasteiger partial charge in [0.2, 0.25) is 5.91 Å². The van der Waals surface area contributed by atoms with E-state index in [9.17, 15) is 4.79 Å². The van der Waals surface area contributed by atoms with Crippen molar-refractivity contribution in [3.8, 4) is 6.07 Å². The van der Waals surface area contributed by atoms with E-state index in [1.54, 1.807) is 36.5 Å². The Morgan fingerprint density at radius 3 is 2.72 bits per heavy atom. The normalized spacial score (nSPS) is 11.6. The number of pyridine rings is 1. The van der Waals surface area contributed by atoms with Crippen LogP contribution in [-0.4, -0.2) is 29.4 Å². The van der Waals surface area contributed by atoms with E-state index in [1.807, 2.05) is 0 Å². The van der Waals surface area contributed by atoms with Gasteiger partial charge in [-0.25, -0.2) is 0 Å².